The van der Waals surface area contributed by atoms with Crippen LogP contribution in [0, 0.1) is 17.0 Å². The van der Waals surface area contributed by atoms with Crippen LogP contribution in [-0.4, -0.2) is 28.9 Å². The Kier molecular flexibility index (Phi) is 5.98. The Labute approximate surface area is 201 Å². The third-order valence-electron chi connectivity index (χ3n) is 6.15. The van der Waals surface area contributed by atoms with E-state index in [0.717, 1.165) is 58.7 Å². The van der Waals surface area contributed by atoms with E-state index in [4.69, 9.17) is 4.98 Å². The van der Waals surface area contributed by atoms with Crippen LogP contribution in [0.2, 0.25) is 0 Å². The van der Waals surface area contributed by atoms with Crippen LogP contribution in [0.15, 0.2) is 60.7 Å². The monoisotopic (exact) mass is 472 g/mol. The van der Waals surface area contributed by atoms with Gasteiger partial charge in [-0.25, -0.2) is 4.98 Å². The van der Waals surface area contributed by atoms with Gasteiger partial charge in [-0.2, -0.15) is 0 Å². The molecule has 172 valence electrons. The number of rotatable bonds is 5. The van der Waals surface area contributed by atoms with Gasteiger partial charge in [0.1, 0.15) is 10.7 Å². The first-order valence-electron chi connectivity index (χ1n) is 11.3. The van der Waals surface area contributed by atoms with E-state index < -0.39 is 4.92 Å². The number of para-hydroxylation sites is 1. The fourth-order valence-electron chi connectivity index (χ4n) is 4.34. The molecule has 2 heterocycles. The molecule has 1 aliphatic heterocycles. The number of benzene rings is 3. The first kappa shape index (κ1) is 22.0. The van der Waals surface area contributed by atoms with Crippen LogP contribution >= 0.6 is 11.3 Å². The molecule has 1 aliphatic rings. The molecule has 0 radical (unpaired) electrons. The third kappa shape index (κ3) is 4.36. The van der Waals surface area contributed by atoms with Gasteiger partial charge in [0.15, 0.2) is 0 Å². The number of hydrogen-bond acceptors (Lipinski definition) is 6. The largest absolute Gasteiger partial charge is 0.366 e. The molecular formula is C26H24N4O3S. The summed E-state index contributed by atoms with van der Waals surface area (Å²) in [5.74, 6) is -0.371. The summed E-state index contributed by atoms with van der Waals surface area (Å²) >= 11 is 1.63. The summed E-state index contributed by atoms with van der Waals surface area (Å²) in [5, 5.41) is 15.6. The minimum atomic E-state index is -0.404. The van der Waals surface area contributed by atoms with E-state index in [0.29, 0.717) is 11.4 Å². The molecule has 34 heavy (non-hydrogen) atoms. The van der Waals surface area contributed by atoms with Crippen LogP contribution < -0.4 is 10.2 Å². The number of piperidine rings is 1. The molecule has 0 aliphatic carbocycles. The maximum atomic E-state index is 12.9. The zero-order chi connectivity index (χ0) is 23.7. The fourth-order valence-corrected chi connectivity index (χ4v) is 5.30. The lowest BCUT2D eigenvalue weighted by atomic mass is 10.1. The van der Waals surface area contributed by atoms with Crippen molar-refractivity contribution in [2.24, 2.45) is 0 Å². The van der Waals surface area contributed by atoms with Crippen LogP contribution in [0.3, 0.4) is 0 Å². The number of carbonyl (C=O) groups is 1. The number of nitrogens with zero attached hydrogens (tertiary/aromatic N) is 3. The number of nitro groups is 1. The number of aromatic nitrogens is 1. The van der Waals surface area contributed by atoms with Crippen molar-refractivity contribution in [1.29, 1.82) is 0 Å². The number of aryl methyl sites for hydroxylation is 1. The number of amides is 1. The van der Waals surface area contributed by atoms with Crippen molar-refractivity contribution in [2.75, 3.05) is 23.3 Å². The van der Waals surface area contributed by atoms with Crippen LogP contribution in [0.25, 0.3) is 20.8 Å². The predicted octanol–water partition coefficient (Wildman–Crippen LogP) is 6.42. The molecular weight excluding hydrogens is 448 g/mol. The molecule has 1 amide bonds. The van der Waals surface area contributed by atoms with Crippen molar-refractivity contribution < 1.29 is 9.72 Å². The second kappa shape index (κ2) is 9.23. The summed E-state index contributed by atoms with van der Waals surface area (Å²) in [4.78, 5) is 31.0. The summed E-state index contributed by atoms with van der Waals surface area (Å²) in [7, 11) is 0. The topological polar surface area (TPSA) is 88.4 Å². The number of hydrogen-bond donors (Lipinski definition) is 1. The second-order valence-corrected chi connectivity index (χ2v) is 9.51. The Balaban J connectivity index is 1.37. The molecule has 1 N–H and O–H groups in total. The zero-order valence-corrected chi connectivity index (χ0v) is 19.6. The SMILES string of the molecule is Cc1cc(-c2nc3ccccc3s2)ccc1NC(=O)c1ccc(N2CCCCC2)c([N+](=O)[O-])c1. The van der Waals surface area contributed by atoms with E-state index in [9.17, 15) is 14.9 Å². The zero-order valence-electron chi connectivity index (χ0n) is 18.8. The van der Waals surface area contributed by atoms with Gasteiger partial charge in [0.25, 0.3) is 11.6 Å². The smallest absolute Gasteiger partial charge is 0.293 e. The van der Waals surface area contributed by atoms with Crippen LogP contribution in [0.1, 0.15) is 35.2 Å². The van der Waals surface area contributed by atoms with Gasteiger partial charge in [0.05, 0.1) is 15.1 Å². The van der Waals surface area contributed by atoms with Crippen molar-refractivity contribution in [1.82, 2.24) is 4.98 Å². The minimum absolute atomic E-state index is 0.0301. The van der Waals surface area contributed by atoms with Gasteiger partial charge in [-0.15, -0.1) is 11.3 Å². The molecule has 0 unspecified atom stereocenters. The molecule has 4 aromatic rings. The van der Waals surface area contributed by atoms with Gasteiger partial charge in [-0.1, -0.05) is 12.1 Å². The number of nitro benzene ring substituents is 1. The summed E-state index contributed by atoms with van der Waals surface area (Å²) in [5.41, 5.74) is 4.32. The van der Waals surface area contributed by atoms with E-state index in [2.05, 4.69) is 5.32 Å². The van der Waals surface area contributed by atoms with Gasteiger partial charge in [-0.3, -0.25) is 14.9 Å². The lowest BCUT2D eigenvalue weighted by Gasteiger charge is -2.28. The number of nitrogens with one attached hydrogen (secondary N) is 1. The predicted molar refractivity (Wildman–Crippen MR) is 137 cm³/mol. The van der Waals surface area contributed by atoms with Gasteiger partial charge in [0, 0.05) is 36.0 Å². The number of fused-ring (bicyclic) bond motifs is 1. The van der Waals surface area contributed by atoms with Crippen LogP contribution in [0.5, 0.6) is 0 Å². The van der Waals surface area contributed by atoms with Gasteiger partial charge < -0.3 is 10.2 Å². The number of carbonyl (C=O) groups excluding carboxylic acids is 1. The quantitative estimate of drug-likeness (QED) is 0.267. The summed E-state index contributed by atoms with van der Waals surface area (Å²) in [6, 6.07) is 18.5. The second-order valence-electron chi connectivity index (χ2n) is 8.48. The summed E-state index contributed by atoms with van der Waals surface area (Å²) in [6.45, 7) is 3.52. The first-order valence-corrected chi connectivity index (χ1v) is 12.1. The molecule has 5 rings (SSSR count). The van der Waals surface area contributed by atoms with Crippen molar-refractivity contribution >= 4 is 44.5 Å². The Morgan fingerprint density at radius 2 is 1.85 bits per heavy atom. The van der Waals surface area contributed by atoms with E-state index in [1.54, 1.807) is 23.5 Å². The fraction of sp³-hybridized carbons (Fsp3) is 0.231. The van der Waals surface area contributed by atoms with Gasteiger partial charge >= 0.3 is 0 Å². The Morgan fingerprint density at radius 3 is 2.59 bits per heavy atom. The maximum Gasteiger partial charge on any atom is 0.293 e. The molecule has 0 atom stereocenters. The first-order chi connectivity index (χ1) is 16.5. The summed E-state index contributed by atoms with van der Waals surface area (Å²) in [6.07, 6.45) is 3.18. The molecule has 1 saturated heterocycles. The van der Waals surface area contributed by atoms with Crippen LogP contribution in [0.4, 0.5) is 17.1 Å². The molecule has 8 heteroatoms. The van der Waals surface area contributed by atoms with E-state index in [1.807, 2.05) is 54.3 Å². The van der Waals surface area contributed by atoms with Crippen molar-refractivity contribution in [3.05, 3.63) is 81.9 Å². The highest BCUT2D eigenvalue weighted by Crippen LogP contribution is 2.33. The molecule has 0 bridgehead atoms. The highest BCUT2D eigenvalue weighted by molar-refractivity contribution is 7.21. The highest BCUT2D eigenvalue weighted by atomic mass is 32.1. The van der Waals surface area contributed by atoms with Gasteiger partial charge in [-0.05, 0) is 74.2 Å². The molecule has 0 spiro atoms. The molecule has 7 nitrogen and oxygen atoms in total. The van der Waals surface area contributed by atoms with E-state index >= 15 is 0 Å². The highest BCUT2D eigenvalue weighted by Gasteiger charge is 2.23. The van der Waals surface area contributed by atoms with Crippen molar-refractivity contribution in [3.8, 4) is 10.6 Å². The Morgan fingerprint density at radius 1 is 1.06 bits per heavy atom. The Hall–Kier alpha value is -3.78. The lowest BCUT2D eigenvalue weighted by Crippen LogP contribution is -2.30. The van der Waals surface area contributed by atoms with Gasteiger partial charge in [0.2, 0.25) is 0 Å². The van der Waals surface area contributed by atoms with E-state index in [1.165, 1.54) is 6.07 Å². The van der Waals surface area contributed by atoms with Crippen LogP contribution in [-0.2, 0) is 0 Å². The summed E-state index contributed by atoms with van der Waals surface area (Å²) < 4.78 is 1.13. The standard InChI is InChI=1S/C26H24N4O3S/c1-17-15-19(26-28-21-7-3-4-8-24(21)34-26)9-11-20(17)27-25(31)18-10-12-22(23(16-18)30(32)33)29-13-5-2-6-14-29/h3-4,7-12,15-16H,2,5-6,13-14H2,1H3,(H,27,31). The maximum absolute atomic E-state index is 12.9. The van der Waals surface area contributed by atoms with E-state index in [-0.39, 0.29) is 17.2 Å². The lowest BCUT2D eigenvalue weighted by molar-refractivity contribution is -0.384. The average molecular weight is 473 g/mol. The van der Waals surface area contributed by atoms with Crippen molar-refractivity contribution in [3.63, 3.8) is 0 Å². The number of thiazole rings is 1. The molecule has 0 saturated carbocycles. The van der Waals surface area contributed by atoms with Crippen molar-refractivity contribution in [2.45, 2.75) is 26.2 Å². The molecule has 3 aromatic carbocycles. The molecule has 1 fully saturated rings. The third-order valence-corrected chi connectivity index (χ3v) is 7.23. The number of anilines is 2. The average Bonchev–Trinajstić information content (AvgIpc) is 3.30. The normalized spacial score (nSPS) is 13.7. The molecule has 1 aromatic heterocycles. The Bertz CT molecular complexity index is 1360. The minimum Gasteiger partial charge on any atom is -0.366 e.